The molecule has 0 unspecified atom stereocenters. The third-order valence-corrected chi connectivity index (χ3v) is 15.6. The van der Waals surface area contributed by atoms with Gasteiger partial charge in [0.15, 0.2) is 0 Å². The van der Waals surface area contributed by atoms with Gasteiger partial charge in [0.1, 0.15) is 36.8 Å². The lowest BCUT2D eigenvalue weighted by atomic mass is 10.2. The van der Waals surface area contributed by atoms with Crippen molar-refractivity contribution in [1.82, 2.24) is 35.6 Å². The number of nitrogens with one attached hydrogen (secondary N) is 3. The summed E-state index contributed by atoms with van der Waals surface area (Å²) < 4.78 is 5.33. The molecule has 23 heteroatoms. The Balaban J connectivity index is 0.00000961. The van der Waals surface area contributed by atoms with Crippen molar-refractivity contribution >= 4 is 120 Å². The number of rotatable bonds is 7. The van der Waals surface area contributed by atoms with Gasteiger partial charge in [-0.05, 0) is 18.1 Å². The zero-order valence-electron chi connectivity index (χ0n) is 34.5. The molecule has 7 amide bonds. The zero-order chi connectivity index (χ0) is 44.5. The van der Waals surface area contributed by atoms with Gasteiger partial charge in [0.25, 0.3) is 0 Å². The lowest BCUT2D eigenvalue weighted by Gasteiger charge is -2.35. The molecule has 1 aromatic carbocycles. The van der Waals surface area contributed by atoms with Crippen LogP contribution in [0, 0.1) is 5.92 Å². The molecule has 0 aromatic heterocycles. The summed E-state index contributed by atoms with van der Waals surface area (Å²) in [4.78, 5) is 128. The summed E-state index contributed by atoms with van der Waals surface area (Å²) in [6.07, 6.45) is 2.58. The van der Waals surface area contributed by atoms with Crippen LogP contribution < -0.4 is 16.0 Å². The van der Waals surface area contributed by atoms with Gasteiger partial charge in [-0.3, -0.25) is 38.4 Å². The topological polar surface area (TPSA) is 212 Å². The number of alkyl carbamates (subject to hydrolysis) is 1. The second-order valence-corrected chi connectivity index (χ2v) is 20.2. The van der Waals surface area contributed by atoms with E-state index in [1.54, 1.807) is 49.8 Å². The molecule has 0 aliphatic carbocycles. The van der Waals surface area contributed by atoms with Crippen molar-refractivity contribution in [1.29, 1.82) is 0 Å². The van der Waals surface area contributed by atoms with Crippen LogP contribution in [0.1, 0.15) is 15.3 Å². The number of carbonyl (C=O) groups excluding carboxylic acids is 9. The second kappa shape index (κ2) is 25.6. The normalized spacial score (nSPS) is 25.7. The van der Waals surface area contributed by atoms with Gasteiger partial charge >= 0.3 is 6.09 Å². The highest BCUT2D eigenvalue weighted by Gasteiger charge is 2.39. The number of thioether (sulfide) groups is 4. The quantitative estimate of drug-likeness (QED) is 0.332. The van der Waals surface area contributed by atoms with E-state index in [0.717, 1.165) is 22.6 Å². The molecule has 60 heavy (non-hydrogen) atoms. The Kier molecular flexibility index (Phi) is 21.8. The monoisotopic (exact) mass is 953 g/mol. The molecule has 2 bridgehead atoms. The van der Waals surface area contributed by atoms with E-state index in [0.29, 0.717) is 17.3 Å². The first kappa shape index (κ1) is 51.1. The van der Waals surface area contributed by atoms with Crippen molar-refractivity contribution in [2.24, 2.45) is 5.92 Å². The van der Waals surface area contributed by atoms with E-state index in [2.05, 4.69) is 16.0 Å². The Bertz CT molecular complexity index is 1730. The molecule has 2 aliphatic rings. The minimum atomic E-state index is -1.38. The maximum Gasteiger partial charge on any atom is 0.408 e. The minimum Gasteiger partial charge on any atom is -0.445 e. The summed E-state index contributed by atoms with van der Waals surface area (Å²) >= 11 is 4.23. The Morgan fingerprint density at radius 2 is 1.18 bits per heavy atom. The maximum atomic E-state index is 14.4. The van der Waals surface area contributed by atoms with Crippen LogP contribution in [0.5, 0.6) is 0 Å². The predicted octanol–water partition coefficient (Wildman–Crippen LogP) is 1.60. The van der Waals surface area contributed by atoms with Gasteiger partial charge in [-0.25, -0.2) is 4.79 Å². The Morgan fingerprint density at radius 1 is 0.717 bits per heavy atom. The average molecular weight is 954 g/mol. The van der Waals surface area contributed by atoms with Gasteiger partial charge in [-0.2, -0.15) is 23.5 Å². The largest absolute Gasteiger partial charge is 0.445 e. The Hall–Kier alpha value is -3.25. The van der Waals surface area contributed by atoms with Gasteiger partial charge in [0, 0.05) is 71.5 Å². The number of amides is 7. The molecule has 336 valence electrons. The smallest absolute Gasteiger partial charge is 0.408 e. The van der Waals surface area contributed by atoms with E-state index < -0.39 is 95.9 Å². The van der Waals surface area contributed by atoms with Crippen LogP contribution in [0.2, 0.25) is 0 Å². The van der Waals surface area contributed by atoms with Crippen LogP contribution in [0.25, 0.3) is 0 Å². The van der Waals surface area contributed by atoms with Crippen molar-refractivity contribution in [2.75, 3.05) is 88.3 Å². The van der Waals surface area contributed by atoms with E-state index in [1.807, 2.05) is 0 Å². The number of benzene rings is 1. The summed E-state index contributed by atoms with van der Waals surface area (Å²) in [5, 5.41) is 6.76. The maximum absolute atomic E-state index is 14.4. The molecule has 3 N–H and O–H groups in total. The Labute approximate surface area is 378 Å². The van der Waals surface area contributed by atoms with Crippen molar-refractivity contribution in [2.45, 2.75) is 43.7 Å². The molecule has 1 aromatic rings. The summed E-state index contributed by atoms with van der Waals surface area (Å²) in [7, 11) is 8.07. The highest BCUT2D eigenvalue weighted by atomic mass is 33.1. The lowest BCUT2D eigenvalue weighted by Crippen LogP contribution is -2.57. The fourth-order valence-corrected chi connectivity index (χ4v) is 11.8. The molecule has 3 rings (SSSR count). The minimum absolute atomic E-state index is 0. The van der Waals surface area contributed by atoms with E-state index in [9.17, 15) is 43.2 Å². The summed E-state index contributed by atoms with van der Waals surface area (Å²) in [6.45, 7) is 0.487. The molecule has 6 atom stereocenters. The van der Waals surface area contributed by atoms with Crippen molar-refractivity contribution in [3.63, 3.8) is 0 Å². The zero-order valence-corrected chi connectivity index (χ0v) is 39.4. The fourth-order valence-electron chi connectivity index (χ4n) is 5.64. The molecular formula is C37H57N7O10S6. The molecule has 2 aliphatic heterocycles. The lowest BCUT2D eigenvalue weighted by molar-refractivity contribution is -0.145. The molecule has 2 fully saturated rings. The van der Waals surface area contributed by atoms with E-state index >= 15 is 0 Å². The molecular weight excluding hydrogens is 895 g/mol. The van der Waals surface area contributed by atoms with E-state index in [4.69, 9.17) is 4.74 Å². The van der Waals surface area contributed by atoms with Crippen LogP contribution in [0.3, 0.4) is 0 Å². The van der Waals surface area contributed by atoms with Gasteiger partial charge in [0.05, 0.1) is 13.1 Å². The highest BCUT2D eigenvalue weighted by Crippen LogP contribution is 2.28. The molecule has 0 radical (unpaired) electrons. The first-order chi connectivity index (χ1) is 28.5. The average Bonchev–Trinajstić information content (AvgIpc) is 3.24. The first-order valence-electron chi connectivity index (χ1n) is 18.6. The first-order valence-corrected chi connectivity index (χ1v) is 25.9. The number of hydrogen-bond acceptors (Lipinski definition) is 16. The van der Waals surface area contributed by atoms with Gasteiger partial charge in [0.2, 0.25) is 45.7 Å². The number of hydrogen-bond donors (Lipinski definition) is 3. The summed E-state index contributed by atoms with van der Waals surface area (Å²) in [6, 6.07) is 3.22. The van der Waals surface area contributed by atoms with Crippen molar-refractivity contribution in [3.8, 4) is 0 Å². The molecule has 0 saturated carbocycles. The molecule has 17 nitrogen and oxygen atoms in total. The SMILES string of the molecule is CSC[C@H]1C(=O)SC[C@@H](NC(=O)OCc2ccccc2)C(=O)NCC(=O)N(C)[C@H]2CSSC[C@@H](C(=O)N1C)N(C)C(=O)CNC(=O)[C@H](C)CSC(=O)[C@H](CSC)N(C)C2=O.[2HH].[2HH]. The van der Waals surface area contributed by atoms with Crippen LogP contribution in [-0.4, -0.2) is 190 Å². The molecule has 2 heterocycles. The molecule has 0 spiro atoms. The van der Waals surface area contributed by atoms with E-state index in [-0.39, 0.29) is 49.1 Å². The number of fused-ring (bicyclic) bond motifs is 5. The fraction of sp³-hybridized carbons (Fsp3) is 0.595. The van der Waals surface area contributed by atoms with Crippen LogP contribution in [0.15, 0.2) is 30.3 Å². The Morgan fingerprint density at radius 3 is 1.67 bits per heavy atom. The van der Waals surface area contributed by atoms with Crippen molar-refractivity contribution in [3.05, 3.63) is 35.9 Å². The summed E-state index contributed by atoms with van der Waals surface area (Å²) in [5.74, 6) is -4.24. The number of likely N-dealkylation sites (N-methyl/N-ethyl adjacent to an activating group) is 4. The van der Waals surface area contributed by atoms with Crippen LogP contribution in [-0.2, 0) is 49.7 Å². The van der Waals surface area contributed by atoms with Gasteiger partial charge in [-0.15, -0.1) is 0 Å². The summed E-state index contributed by atoms with van der Waals surface area (Å²) in [5.41, 5.74) is 0.690. The third kappa shape index (κ3) is 15.0. The van der Waals surface area contributed by atoms with Crippen molar-refractivity contribution < 1.29 is 50.7 Å². The number of carbonyl (C=O) groups is 9. The van der Waals surface area contributed by atoms with Gasteiger partial charge in [-0.1, -0.05) is 82.4 Å². The highest BCUT2D eigenvalue weighted by molar-refractivity contribution is 8.76. The third-order valence-electron chi connectivity index (χ3n) is 9.62. The van der Waals surface area contributed by atoms with E-state index in [1.165, 1.54) is 82.1 Å². The standard InChI is InChI=1S/C37H53N7O10S6.2H2/c1-22-16-57-35(51)27(18-55-6)43(4)33(49)26-21-60-59-20-25(41(2)29(45)13-38-31(22)47)34(50)44(5)28(19-56-7)36(52)58-17-24(32(48)39-14-30(46)42(26)3)40-37(53)54-15-23-11-9-8-10-12-23;;/h8-12,22,24-28H,13-21H2,1-7H3,(H,38,47)(H,39,48)(H,40,53);2*1H/t22-,24-,25+,26+,27+,28+;;/m1../s1/i;2*1+1. The number of ether oxygens (including phenoxy) is 1. The predicted molar refractivity (Wildman–Crippen MR) is 246 cm³/mol. The van der Waals surface area contributed by atoms with Crippen LogP contribution >= 0.6 is 68.6 Å². The van der Waals surface area contributed by atoms with Gasteiger partial charge < -0.3 is 40.3 Å². The number of nitrogens with zero attached hydrogens (tertiary/aromatic N) is 4. The molecule has 2 saturated heterocycles. The van der Waals surface area contributed by atoms with Crippen LogP contribution in [0.4, 0.5) is 4.79 Å². The second-order valence-electron chi connectivity index (χ2n) is 13.8.